The largest absolute Gasteiger partial charge is 1.00 e. The van der Waals surface area contributed by atoms with Crippen LogP contribution < -0.4 is 22.5 Å². The molecule has 0 radical (unpaired) electrons. The zero-order valence-electron chi connectivity index (χ0n) is 11.5. The van der Waals surface area contributed by atoms with Gasteiger partial charge in [-0.3, -0.25) is 0 Å². The van der Waals surface area contributed by atoms with Crippen molar-refractivity contribution in [2.75, 3.05) is 26.4 Å². The molecule has 0 bridgehead atoms. The molecule has 0 saturated heterocycles. The van der Waals surface area contributed by atoms with Gasteiger partial charge < -0.3 is 27.2 Å². The zero-order valence-corrected chi connectivity index (χ0v) is 13.9. The van der Waals surface area contributed by atoms with Crippen LogP contribution in [0.5, 0.6) is 5.75 Å². The first kappa shape index (κ1) is 18.7. The molecule has 1 rings (SSSR count). The van der Waals surface area contributed by atoms with E-state index in [1.54, 1.807) is 0 Å². The van der Waals surface area contributed by atoms with Crippen molar-refractivity contribution in [3.05, 3.63) is 28.2 Å². The summed E-state index contributed by atoms with van der Waals surface area (Å²) in [6, 6.07) is 6.11. The summed E-state index contributed by atoms with van der Waals surface area (Å²) < 4.78 is 12.0. The van der Waals surface area contributed by atoms with Gasteiger partial charge in [0, 0.05) is 29.8 Å². The van der Waals surface area contributed by atoms with E-state index in [1.807, 2.05) is 26.0 Å². The second-order valence-corrected chi connectivity index (χ2v) is 4.83. The highest BCUT2D eigenvalue weighted by molar-refractivity contribution is 9.10. The lowest BCUT2D eigenvalue weighted by atomic mass is 10.2. The van der Waals surface area contributed by atoms with Crippen LogP contribution in [0.25, 0.3) is 0 Å². The molecule has 0 fully saturated rings. The molecule has 1 aromatic carbocycles. The van der Waals surface area contributed by atoms with Gasteiger partial charge in [-0.25, -0.2) is 0 Å². The third kappa shape index (κ3) is 7.78. The number of halogens is 2. The highest BCUT2D eigenvalue weighted by Crippen LogP contribution is 2.23. The van der Waals surface area contributed by atoms with Crippen molar-refractivity contribution in [1.82, 2.24) is 5.32 Å². The van der Waals surface area contributed by atoms with Crippen molar-refractivity contribution < 1.29 is 21.9 Å². The number of hydrogen-bond donors (Lipinski definition) is 1. The minimum Gasteiger partial charge on any atom is -1.00 e. The van der Waals surface area contributed by atoms with E-state index in [4.69, 9.17) is 9.47 Å². The molecule has 0 aliphatic carbocycles. The monoisotopic (exact) mass is 350 g/mol. The van der Waals surface area contributed by atoms with Gasteiger partial charge in [-0.15, -0.1) is 0 Å². The van der Waals surface area contributed by atoms with Crippen LogP contribution in [0.3, 0.4) is 0 Å². The van der Waals surface area contributed by atoms with Crippen molar-refractivity contribution in [3.8, 4) is 5.75 Å². The fourth-order valence-electron chi connectivity index (χ4n) is 1.65. The van der Waals surface area contributed by atoms with Crippen LogP contribution in [-0.4, -0.2) is 26.4 Å². The van der Waals surface area contributed by atoms with Gasteiger partial charge in [0.1, 0.15) is 5.75 Å². The topological polar surface area (TPSA) is 30.5 Å². The average Bonchev–Trinajstić information content (AvgIpc) is 2.37. The number of ether oxygens (including phenoxy) is 2. The maximum absolute atomic E-state index is 5.60. The number of rotatable bonds is 9. The molecule has 0 spiro atoms. The van der Waals surface area contributed by atoms with Gasteiger partial charge in [-0.05, 0) is 45.0 Å². The van der Waals surface area contributed by atoms with Crippen LogP contribution in [0.1, 0.15) is 25.8 Å². The first-order chi connectivity index (χ1) is 8.77. The highest BCUT2D eigenvalue weighted by Gasteiger charge is 2.03. The van der Waals surface area contributed by atoms with Gasteiger partial charge >= 0.3 is 0 Å². The smallest absolute Gasteiger partial charge is 0.123 e. The first-order valence-electron chi connectivity index (χ1n) is 6.47. The second-order valence-electron chi connectivity index (χ2n) is 3.91. The van der Waals surface area contributed by atoms with Crippen LogP contribution in [0, 0.1) is 0 Å². The molecule has 19 heavy (non-hydrogen) atoms. The lowest BCUT2D eigenvalue weighted by Crippen LogP contribution is -3.00. The summed E-state index contributed by atoms with van der Waals surface area (Å²) in [5, 5.41) is 3.41. The lowest BCUT2D eigenvalue weighted by molar-refractivity contribution is -0.00000511. The van der Waals surface area contributed by atoms with Crippen LogP contribution in [0.2, 0.25) is 0 Å². The Morgan fingerprint density at radius 3 is 2.68 bits per heavy atom. The van der Waals surface area contributed by atoms with Crippen LogP contribution in [-0.2, 0) is 11.3 Å². The van der Waals surface area contributed by atoms with E-state index in [0.29, 0.717) is 6.61 Å². The Labute approximate surface area is 130 Å². The van der Waals surface area contributed by atoms with Crippen LogP contribution in [0.4, 0.5) is 0 Å². The fraction of sp³-hybridized carbons (Fsp3) is 0.571. The van der Waals surface area contributed by atoms with Gasteiger partial charge in [0.25, 0.3) is 0 Å². The molecule has 5 heteroatoms. The number of nitrogens with one attached hydrogen (secondary N) is 1. The summed E-state index contributed by atoms with van der Waals surface area (Å²) in [5.74, 6) is 0.956. The number of benzene rings is 1. The minimum atomic E-state index is 0. The van der Waals surface area contributed by atoms with Crippen molar-refractivity contribution >= 4 is 15.9 Å². The molecular weight excluding hydrogens is 330 g/mol. The molecule has 0 saturated carbocycles. The lowest BCUT2D eigenvalue weighted by Gasteiger charge is -2.11. The summed E-state index contributed by atoms with van der Waals surface area (Å²) >= 11 is 3.49. The second kappa shape index (κ2) is 11.5. The third-order valence-corrected chi connectivity index (χ3v) is 2.98. The molecule has 0 aliphatic rings. The molecule has 110 valence electrons. The Bertz CT molecular complexity index is 350. The van der Waals surface area contributed by atoms with Gasteiger partial charge in [0.15, 0.2) is 0 Å². The van der Waals surface area contributed by atoms with E-state index >= 15 is 0 Å². The zero-order chi connectivity index (χ0) is 13.2. The molecule has 1 N–H and O–H groups in total. The Morgan fingerprint density at radius 2 is 2.00 bits per heavy atom. The Hall–Kier alpha value is -0.290. The Balaban J connectivity index is 0.00000324. The summed E-state index contributed by atoms with van der Waals surface area (Å²) in [6.45, 7) is 8.10. The van der Waals surface area contributed by atoms with Crippen molar-refractivity contribution in [3.63, 3.8) is 0 Å². The van der Waals surface area contributed by atoms with E-state index in [2.05, 4.69) is 27.3 Å². The van der Waals surface area contributed by atoms with E-state index in [1.165, 1.54) is 5.56 Å². The Kier molecular flexibility index (Phi) is 11.4. The van der Waals surface area contributed by atoms with E-state index < -0.39 is 0 Å². The summed E-state index contributed by atoms with van der Waals surface area (Å²) in [4.78, 5) is 0. The van der Waals surface area contributed by atoms with Gasteiger partial charge in [-0.1, -0.05) is 15.9 Å². The maximum atomic E-state index is 5.60. The molecular formula is C14H22BrClNO2-. The van der Waals surface area contributed by atoms with Gasteiger partial charge in [-0.2, -0.15) is 0 Å². The number of hydrogen-bond acceptors (Lipinski definition) is 3. The van der Waals surface area contributed by atoms with Crippen LogP contribution in [0.15, 0.2) is 22.7 Å². The van der Waals surface area contributed by atoms with Crippen molar-refractivity contribution in [1.29, 1.82) is 0 Å². The van der Waals surface area contributed by atoms with Crippen LogP contribution >= 0.6 is 15.9 Å². The molecule has 1 aromatic rings. The van der Waals surface area contributed by atoms with Gasteiger partial charge in [0.05, 0.1) is 6.61 Å². The molecule has 0 unspecified atom stereocenters. The fourth-order valence-corrected chi connectivity index (χ4v) is 2.06. The van der Waals surface area contributed by atoms with E-state index in [9.17, 15) is 0 Å². The maximum Gasteiger partial charge on any atom is 0.123 e. The van der Waals surface area contributed by atoms with Gasteiger partial charge in [0.2, 0.25) is 0 Å². The standard InChI is InChI=1S/C14H22BrNO2.ClH/c1-3-17-9-5-8-16-11-12-10-13(15)6-7-14(12)18-4-2;/h6-7,10,16H,3-5,8-9,11H2,1-2H3;1H/p-1. The molecule has 0 aliphatic heterocycles. The quantitative estimate of drug-likeness (QED) is 0.652. The third-order valence-electron chi connectivity index (χ3n) is 2.48. The SMILES string of the molecule is CCOCCCNCc1cc(Br)ccc1OCC.[Cl-]. The summed E-state index contributed by atoms with van der Waals surface area (Å²) in [6.07, 6.45) is 1.03. The molecule has 3 nitrogen and oxygen atoms in total. The normalized spacial score (nSPS) is 10.1. The molecule has 0 atom stereocenters. The van der Waals surface area contributed by atoms with E-state index in [0.717, 1.165) is 42.9 Å². The first-order valence-corrected chi connectivity index (χ1v) is 7.27. The predicted molar refractivity (Wildman–Crippen MR) is 78.1 cm³/mol. The van der Waals surface area contributed by atoms with Crippen molar-refractivity contribution in [2.24, 2.45) is 0 Å². The molecule has 0 aromatic heterocycles. The highest BCUT2D eigenvalue weighted by atomic mass is 79.9. The van der Waals surface area contributed by atoms with E-state index in [-0.39, 0.29) is 12.4 Å². The average molecular weight is 352 g/mol. The predicted octanol–water partition coefficient (Wildman–Crippen LogP) is 0.368. The molecule has 0 heterocycles. The van der Waals surface area contributed by atoms with Crippen molar-refractivity contribution in [2.45, 2.75) is 26.8 Å². The molecule has 0 amide bonds. The summed E-state index contributed by atoms with van der Waals surface area (Å²) in [5.41, 5.74) is 1.18. The summed E-state index contributed by atoms with van der Waals surface area (Å²) in [7, 11) is 0. The Morgan fingerprint density at radius 1 is 1.21 bits per heavy atom. The minimum absolute atomic E-state index is 0.